The van der Waals surface area contributed by atoms with Crippen LogP contribution in [0.15, 0.2) is 48.5 Å². The lowest BCUT2D eigenvalue weighted by Gasteiger charge is -2.25. The molecule has 0 spiro atoms. The van der Waals surface area contributed by atoms with Gasteiger partial charge >= 0.3 is 0 Å². The zero-order valence-electron chi connectivity index (χ0n) is 17.0. The van der Waals surface area contributed by atoms with Gasteiger partial charge in [-0.3, -0.25) is 19.3 Å². The van der Waals surface area contributed by atoms with E-state index in [9.17, 15) is 14.4 Å². The Bertz CT molecular complexity index is 876. The zero-order chi connectivity index (χ0) is 21.0. The molecule has 3 rings (SSSR count). The zero-order valence-corrected chi connectivity index (χ0v) is 17.8. The fraction of sp³-hybridized carbons (Fsp3) is 0.348. The summed E-state index contributed by atoms with van der Waals surface area (Å²) in [5, 5.41) is 2.89. The summed E-state index contributed by atoms with van der Waals surface area (Å²) in [4.78, 5) is 39.9. The van der Waals surface area contributed by atoms with Crippen molar-refractivity contribution in [3.63, 3.8) is 0 Å². The Hall–Kier alpha value is -2.60. The monoisotopic (exact) mass is 410 g/mol. The van der Waals surface area contributed by atoms with Crippen LogP contribution >= 0.6 is 11.8 Å². The Morgan fingerprint density at radius 3 is 2.14 bits per heavy atom. The van der Waals surface area contributed by atoms with Crippen LogP contribution in [0.5, 0.6) is 0 Å². The van der Waals surface area contributed by atoms with Crippen LogP contribution in [-0.4, -0.2) is 40.7 Å². The fourth-order valence-electron chi connectivity index (χ4n) is 3.45. The Labute approximate surface area is 175 Å². The summed E-state index contributed by atoms with van der Waals surface area (Å²) in [6.45, 7) is 4.30. The van der Waals surface area contributed by atoms with Crippen LogP contribution in [0, 0.1) is 0 Å². The minimum atomic E-state index is -0.843. The maximum atomic E-state index is 13.1. The molecule has 0 saturated carbocycles. The van der Waals surface area contributed by atoms with Crippen LogP contribution in [0.4, 0.5) is 5.69 Å². The van der Waals surface area contributed by atoms with E-state index in [1.807, 2.05) is 30.5 Å². The largest absolute Gasteiger partial charge is 0.324 e. The Morgan fingerprint density at radius 1 is 1.03 bits per heavy atom. The van der Waals surface area contributed by atoms with Gasteiger partial charge in [0.25, 0.3) is 11.8 Å². The molecule has 2 unspecified atom stereocenters. The summed E-state index contributed by atoms with van der Waals surface area (Å²) in [6, 6.07) is 13.6. The van der Waals surface area contributed by atoms with E-state index < -0.39 is 17.9 Å². The van der Waals surface area contributed by atoms with Crippen molar-refractivity contribution in [1.82, 2.24) is 4.90 Å². The van der Waals surface area contributed by atoms with Crippen molar-refractivity contribution in [2.75, 3.05) is 17.3 Å². The van der Waals surface area contributed by atoms with Crippen molar-refractivity contribution in [3.05, 3.63) is 65.2 Å². The molecule has 6 heteroatoms. The lowest BCUT2D eigenvalue weighted by molar-refractivity contribution is -0.120. The number of imide groups is 1. The number of amides is 3. The van der Waals surface area contributed by atoms with Crippen molar-refractivity contribution in [2.45, 2.75) is 38.6 Å². The van der Waals surface area contributed by atoms with Gasteiger partial charge in [0.1, 0.15) is 6.04 Å². The van der Waals surface area contributed by atoms with Crippen molar-refractivity contribution in [2.24, 2.45) is 0 Å². The number of carbonyl (C=O) groups excluding carboxylic acids is 3. The topological polar surface area (TPSA) is 66.5 Å². The van der Waals surface area contributed by atoms with Gasteiger partial charge < -0.3 is 5.32 Å². The average Bonchev–Trinajstić information content (AvgIpc) is 2.99. The molecular weight excluding hydrogens is 384 g/mol. The van der Waals surface area contributed by atoms with Crippen molar-refractivity contribution in [3.8, 4) is 0 Å². The summed E-state index contributed by atoms with van der Waals surface area (Å²) >= 11 is 1.58. The highest BCUT2D eigenvalue weighted by molar-refractivity contribution is 7.98. The second-order valence-electron chi connectivity index (χ2n) is 7.24. The number of carbonyl (C=O) groups is 3. The summed E-state index contributed by atoms with van der Waals surface area (Å²) in [6.07, 6.45) is 3.39. The SMILES string of the molecule is CCC(C)c1ccc(NC(=O)C(CCSC)N2C(=O)c3ccccc3C2=O)cc1. The van der Waals surface area contributed by atoms with Crippen LogP contribution in [0.1, 0.15) is 58.9 Å². The van der Waals surface area contributed by atoms with E-state index in [1.165, 1.54) is 5.56 Å². The minimum absolute atomic E-state index is 0.343. The first-order valence-electron chi connectivity index (χ1n) is 9.84. The van der Waals surface area contributed by atoms with Crippen LogP contribution in [-0.2, 0) is 4.79 Å². The van der Waals surface area contributed by atoms with E-state index in [1.54, 1.807) is 36.0 Å². The number of hydrogen-bond acceptors (Lipinski definition) is 4. The molecule has 0 aromatic heterocycles. The van der Waals surface area contributed by atoms with E-state index in [4.69, 9.17) is 0 Å². The Kier molecular flexibility index (Phi) is 6.75. The smallest absolute Gasteiger partial charge is 0.262 e. The number of nitrogens with one attached hydrogen (secondary N) is 1. The Balaban J connectivity index is 1.81. The third-order valence-electron chi connectivity index (χ3n) is 5.39. The fourth-order valence-corrected chi connectivity index (χ4v) is 3.91. The molecule has 2 atom stereocenters. The van der Waals surface area contributed by atoms with Gasteiger partial charge in [0, 0.05) is 5.69 Å². The van der Waals surface area contributed by atoms with Gasteiger partial charge in [-0.05, 0) is 60.6 Å². The summed E-state index contributed by atoms with van der Waals surface area (Å²) < 4.78 is 0. The number of fused-ring (bicyclic) bond motifs is 1. The molecule has 0 saturated heterocycles. The van der Waals surface area contributed by atoms with Gasteiger partial charge in [-0.2, -0.15) is 11.8 Å². The third kappa shape index (κ3) is 4.37. The quantitative estimate of drug-likeness (QED) is 0.648. The van der Waals surface area contributed by atoms with E-state index in [0.717, 1.165) is 11.3 Å². The maximum Gasteiger partial charge on any atom is 0.262 e. The molecule has 5 nitrogen and oxygen atoms in total. The number of nitrogens with zero attached hydrogens (tertiary/aromatic N) is 1. The number of benzene rings is 2. The molecule has 0 bridgehead atoms. The van der Waals surface area contributed by atoms with Crippen LogP contribution < -0.4 is 5.32 Å². The number of rotatable bonds is 8. The van der Waals surface area contributed by atoms with Crippen molar-refractivity contribution >= 4 is 35.2 Å². The second kappa shape index (κ2) is 9.27. The second-order valence-corrected chi connectivity index (χ2v) is 8.23. The van der Waals surface area contributed by atoms with Gasteiger partial charge in [-0.15, -0.1) is 0 Å². The minimum Gasteiger partial charge on any atom is -0.324 e. The average molecular weight is 411 g/mol. The molecular formula is C23H26N2O3S. The van der Waals surface area contributed by atoms with Crippen LogP contribution in [0.25, 0.3) is 0 Å². The first-order chi connectivity index (χ1) is 14.0. The van der Waals surface area contributed by atoms with Gasteiger partial charge in [-0.1, -0.05) is 38.1 Å². The van der Waals surface area contributed by atoms with Crippen molar-refractivity contribution in [1.29, 1.82) is 0 Å². The predicted molar refractivity (Wildman–Crippen MR) is 118 cm³/mol. The molecule has 1 heterocycles. The van der Waals surface area contributed by atoms with E-state index in [2.05, 4.69) is 19.2 Å². The predicted octanol–water partition coefficient (Wildman–Crippen LogP) is 4.56. The maximum absolute atomic E-state index is 13.1. The Morgan fingerprint density at radius 2 is 1.62 bits per heavy atom. The summed E-state index contributed by atoms with van der Waals surface area (Å²) in [5.41, 5.74) is 2.59. The number of anilines is 1. The van der Waals surface area contributed by atoms with Gasteiger partial charge in [0.15, 0.2) is 0 Å². The van der Waals surface area contributed by atoms with E-state index in [-0.39, 0.29) is 5.91 Å². The molecule has 0 fully saturated rings. The normalized spacial score (nSPS) is 15.2. The third-order valence-corrected chi connectivity index (χ3v) is 6.04. The molecule has 2 aromatic rings. The van der Waals surface area contributed by atoms with Crippen LogP contribution in [0.2, 0.25) is 0 Å². The van der Waals surface area contributed by atoms with E-state index in [0.29, 0.717) is 34.9 Å². The van der Waals surface area contributed by atoms with Crippen LogP contribution in [0.3, 0.4) is 0 Å². The molecule has 0 aliphatic carbocycles. The standard InChI is InChI=1S/C23H26N2O3S/c1-4-15(2)16-9-11-17(12-10-16)24-21(26)20(13-14-29-3)25-22(27)18-7-5-6-8-19(18)23(25)28/h5-12,15,20H,4,13-14H2,1-3H3,(H,24,26). The molecule has 3 amide bonds. The molecule has 152 valence electrons. The number of hydrogen-bond donors (Lipinski definition) is 1. The molecule has 0 radical (unpaired) electrons. The highest BCUT2D eigenvalue weighted by atomic mass is 32.2. The molecule has 1 aliphatic rings. The first-order valence-corrected chi connectivity index (χ1v) is 11.2. The molecule has 29 heavy (non-hydrogen) atoms. The lowest BCUT2D eigenvalue weighted by Crippen LogP contribution is -2.47. The lowest BCUT2D eigenvalue weighted by atomic mass is 9.98. The highest BCUT2D eigenvalue weighted by Gasteiger charge is 2.42. The molecule has 1 N–H and O–H groups in total. The van der Waals surface area contributed by atoms with E-state index >= 15 is 0 Å². The van der Waals surface area contributed by atoms with Crippen molar-refractivity contribution < 1.29 is 14.4 Å². The highest BCUT2D eigenvalue weighted by Crippen LogP contribution is 2.27. The van der Waals surface area contributed by atoms with Gasteiger partial charge in [0.2, 0.25) is 5.91 Å². The van der Waals surface area contributed by atoms with Gasteiger partial charge in [-0.25, -0.2) is 0 Å². The molecule has 2 aromatic carbocycles. The summed E-state index contributed by atoms with van der Waals surface area (Å²) in [7, 11) is 0. The summed E-state index contributed by atoms with van der Waals surface area (Å²) in [5.74, 6) is -0.0338. The van der Waals surface area contributed by atoms with Gasteiger partial charge in [0.05, 0.1) is 11.1 Å². The first kappa shape index (κ1) is 21.1. The number of thioether (sulfide) groups is 1. The molecule has 1 aliphatic heterocycles.